The summed E-state index contributed by atoms with van der Waals surface area (Å²) in [6, 6.07) is 15.1. The van der Waals surface area contributed by atoms with Crippen molar-refractivity contribution in [2.24, 2.45) is 5.10 Å². The molecule has 0 aliphatic carbocycles. The molecule has 1 amide bonds. The predicted octanol–water partition coefficient (Wildman–Crippen LogP) is 4.23. The maximum absolute atomic E-state index is 12.2. The lowest BCUT2D eigenvalue weighted by Gasteiger charge is -2.04. The van der Waals surface area contributed by atoms with Crippen LogP contribution in [-0.2, 0) is 6.54 Å². The van der Waals surface area contributed by atoms with Gasteiger partial charge in [-0.25, -0.2) is 5.43 Å². The molecule has 0 saturated carbocycles. The van der Waals surface area contributed by atoms with Crippen LogP contribution >= 0.6 is 31.9 Å². The van der Waals surface area contributed by atoms with Gasteiger partial charge >= 0.3 is 0 Å². The van der Waals surface area contributed by atoms with Gasteiger partial charge in [-0.15, -0.1) is 0 Å². The van der Waals surface area contributed by atoms with E-state index in [1.165, 1.54) is 6.21 Å². The summed E-state index contributed by atoms with van der Waals surface area (Å²) in [6.07, 6.45) is 3.29. The Labute approximate surface area is 173 Å². The third-order valence-corrected chi connectivity index (χ3v) is 4.71. The number of carbonyl (C=O) groups excluding carboxylic acids is 1. The average molecular weight is 492 g/mol. The van der Waals surface area contributed by atoms with Gasteiger partial charge in [0.1, 0.15) is 5.75 Å². The highest BCUT2D eigenvalue weighted by Crippen LogP contribution is 2.21. The topological polar surface area (TPSA) is 68.5 Å². The lowest BCUT2D eigenvalue weighted by molar-refractivity contribution is 0.0949. The minimum Gasteiger partial charge on any atom is -0.496 e. The van der Waals surface area contributed by atoms with Gasteiger partial charge in [0.15, 0.2) is 5.69 Å². The molecule has 0 aliphatic rings. The van der Waals surface area contributed by atoms with Gasteiger partial charge in [-0.1, -0.05) is 44.0 Å². The summed E-state index contributed by atoms with van der Waals surface area (Å²) < 4.78 is 8.89. The molecule has 6 nitrogen and oxygen atoms in total. The Kier molecular flexibility index (Phi) is 6.41. The van der Waals surface area contributed by atoms with Crippen molar-refractivity contribution in [3.05, 3.63) is 80.5 Å². The van der Waals surface area contributed by atoms with Gasteiger partial charge in [0.25, 0.3) is 5.91 Å². The lowest BCUT2D eigenvalue weighted by atomic mass is 10.2. The number of amides is 1. The van der Waals surface area contributed by atoms with Crippen molar-refractivity contribution in [1.29, 1.82) is 0 Å². The molecule has 8 heteroatoms. The summed E-state index contributed by atoms with van der Waals surface area (Å²) in [4.78, 5) is 12.2. The number of nitrogens with zero attached hydrogens (tertiary/aromatic N) is 3. The number of hydrazone groups is 1. The zero-order valence-electron chi connectivity index (χ0n) is 14.4. The second-order valence-electron chi connectivity index (χ2n) is 5.61. The second kappa shape index (κ2) is 8.96. The number of hydrogen-bond donors (Lipinski definition) is 1. The quantitative estimate of drug-likeness (QED) is 0.414. The van der Waals surface area contributed by atoms with Gasteiger partial charge in [0.05, 0.1) is 19.9 Å². The van der Waals surface area contributed by atoms with Crippen molar-refractivity contribution in [1.82, 2.24) is 15.2 Å². The zero-order valence-corrected chi connectivity index (χ0v) is 17.6. The molecule has 0 saturated heterocycles. The molecule has 0 aliphatic heterocycles. The maximum Gasteiger partial charge on any atom is 0.291 e. The minimum absolute atomic E-state index is 0.297. The van der Waals surface area contributed by atoms with Crippen molar-refractivity contribution < 1.29 is 9.53 Å². The molecule has 1 heterocycles. The molecule has 0 bridgehead atoms. The molecule has 1 aromatic heterocycles. The number of halogens is 2. The predicted molar refractivity (Wildman–Crippen MR) is 111 cm³/mol. The van der Waals surface area contributed by atoms with Crippen LogP contribution in [0.25, 0.3) is 0 Å². The first kappa shape index (κ1) is 19.3. The molecule has 3 rings (SSSR count). The van der Waals surface area contributed by atoms with Crippen LogP contribution in [0.4, 0.5) is 0 Å². The van der Waals surface area contributed by atoms with Crippen molar-refractivity contribution in [2.45, 2.75) is 6.54 Å². The van der Waals surface area contributed by atoms with E-state index in [1.807, 2.05) is 42.5 Å². The molecule has 27 heavy (non-hydrogen) atoms. The van der Waals surface area contributed by atoms with E-state index in [-0.39, 0.29) is 5.91 Å². The molecule has 0 spiro atoms. The number of ether oxygens (including phenoxy) is 1. The van der Waals surface area contributed by atoms with Gasteiger partial charge in [-0.3, -0.25) is 9.48 Å². The van der Waals surface area contributed by atoms with Crippen LogP contribution in [0.15, 0.2) is 68.8 Å². The van der Waals surface area contributed by atoms with E-state index in [1.54, 1.807) is 24.1 Å². The number of carbonyl (C=O) groups is 1. The Hall–Kier alpha value is -2.45. The number of aromatic nitrogens is 2. The summed E-state index contributed by atoms with van der Waals surface area (Å²) in [5.74, 6) is 0.282. The molecule has 0 atom stereocenters. The maximum atomic E-state index is 12.2. The van der Waals surface area contributed by atoms with E-state index in [4.69, 9.17) is 4.74 Å². The lowest BCUT2D eigenvalue weighted by Crippen LogP contribution is -2.18. The Morgan fingerprint density at radius 1 is 1.19 bits per heavy atom. The van der Waals surface area contributed by atoms with Crippen molar-refractivity contribution >= 4 is 44.0 Å². The van der Waals surface area contributed by atoms with Crippen LogP contribution in [0.1, 0.15) is 21.6 Å². The van der Waals surface area contributed by atoms with Crippen LogP contribution in [0.2, 0.25) is 0 Å². The van der Waals surface area contributed by atoms with Gasteiger partial charge in [0, 0.05) is 20.7 Å². The van der Waals surface area contributed by atoms with E-state index in [2.05, 4.69) is 47.5 Å². The summed E-state index contributed by atoms with van der Waals surface area (Å²) in [5, 5.41) is 8.28. The van der Waals surface area contributed by atoms with Crippen LogP contribution in [-0.4, -0.2) is 29.0 Å². The minimum atomic E-state index is -0.380. The van der Waals surface area contributed by atoms with E-state index in [0.29, 0.717) is 18.0 Å². The normalized spacial score (nSPS) is 10.9. The average Bonchev–Trinajstić information content (AvgIpc) is 3.12. The third-order valence-electron chi connectivity index (χ3n) is 3.69. The first-order valence-electron chi connectivity index (χ1n) is 8.00. The van der Waals surface area contributed by atoms with E-state index in [9.17, 15) is 4.79 Å². The molecule has 3 aromatic rings. The summed E-state index contributed by atoms with van der Waals surface area (Å²) in [5.41, 5.74) is 4.61. The van der Waals surface area contributed by atoms with Crippen LogP contribution in [0, 0.1) is 0 Å². The second-order valence-corrected chi connectivity index (χ2v) is 7.44. The first-order chi connectivity index (χ1) is 13.0. The van der Waals surface area contributed by atoms with Gasteiger partial charge in [0.2, 0.25) is 0 Å². The summed E-state index contributed by atoms with van der Waals surface area (Å²) in [6.45, 7) is 0.582. The third kappa shape index (κ3) is 5.27. The number of rotatable bonds is 6. The van der Waals surface area contributed by atoms with Crippen molar-refractivity contribution in [2.75, 3.05) is 7.11 Å². The number of hydrogen-bond acceptors (Lipinski definition) is 4. The van der Waals surface area contributed by atoms with Crippen LogP contribution in [0.5, 0.6) is 5.75 Å². The monoisotopic (exact) mass is 490 g/mol. The van der Waals surface area contributed by atoms with Crippen LogP contribution in [0.3, 0.4) is 0 Å². The molecular formula is C19H16Br2N4O2. The zero-order chi connectivity index (χ0) is 19.2. The van der Waals surface area contributed by atoms with Crippen molar-refractivity contribution in [3.63, 3.8) is 0 Å². The Morgan fingerprint density at radius 2 is 1.93 bits per heavy atom. The Balaban J connectivity index is 1.63. The highest BCUT2D eigenvalue weighted by atomic mass is 79.9. The standard InChI is InChI=1S/C19H16Br2N4O2/c1-27-18-7-6-16(21)10-14(18)11-22-23-19(26)17-8-9-25(24-17)12-13-2-4-15(20)5-3-13/h2-11H,12H2,1H3,(H,23,26)/b22-11+. The number of methoxy groups -OCH3 is 1. The number of nitrogens with one attached hydrogen (secondary N) is 1. The smallest absolute Gasteiger partial charge is 0.291 e. The van der Waals surface area contributed by atoms with E-state index >= 15 is 0 Å². The fourth-order valence-electron chi connectivity index (χ4n) is 2.37. The van der Waals surface area contributed by atoms with E-state index in [0.717, 1.165) is 20.1 Å². The highest BCUT2D eigenvalue weighted by molar-refractivity contribution is 9.10. The molecule has 0 fully saturated rings. The van der Waals surface area contributed by atoms with Crippen molar-refractivity contribution in [3.8, 4) is 5.75 Å². The van der Waals surface area contributed by atoms with Gasteiger partial charge < -0.3 is 4.74 Å². The fraction of sp³-hybridized carbons (Fsp3) is 0.105. The largest absolute Gasteiger partial charge is 0.496 e. The highest BCUT2D eigenvalue weighted by Gasteiger charge is 2.09. The van der Waals surface area contributed by atoms with Gasteiger partial charge in [-0.2, -0.15) is 10.2 Å². The summed E-state index contributed by atoms with van der Waals surface area (Å²) in [7, 11) is 1.58. The Morgan fingerprint density at radius 3 is 2.67 bits per heavy atom. The summed E-state index contributed by atoms with van der Waals surface area (Å²) >= 11 is 6.81. The van der Waals surface area contributed by atoms with E-state index < -0.39 is 0 Å². The van der Waals surface area contributed by atoms with Gasteiger partial charge in [-0.05, 0) is 42.0 Å². The Bertz CT molecular complexity index is 968. The fourth-order valence-corrected chi connectivity index (χ4v) is 3.01. The molecule has 1 N–H and O–H groups in total. The molecule has 138 valence electrons. The molecule has 0 radical (unpaired) electrons. The first-order valence-corrected chi connectivity index (χ1v) is 9.58. The molecule has 2 aromatic carbocycles. The molecular weight excluding hydrogens is 476 g/mol. The molecule has 0 unspecified atom stereocenters. The van der Waals surface area contributed by atoms with Crippen LogP contribution < -0.4 is 10.2 Å². The SMILES string of the molecule is COc1ccc(Br)cc1/C=N/NC(=O)c1ccn(Cc2ccc(Br)cc2)n1. The number of benzene rings is 2.